The summed E-state index contributed by atoms with van der Waals surface area (Å²) in [7, 11) is 1.43. The normalized spacial score (nSPS) is 20.2. The summed E-state index contributed by atoms with van der Waals surface area (Å²) < 4.78 is 4.85. The Bertz CT molecular complexity index is 434. The minimum atomic E-state index is -0.251. The second kappa shape index (κ2) is 6.68. The first kappa shape index (κ1) is 14.0. The zero-order valence-corrected chi connectivity index (χ0v) is 11.7. The average molecular weight is 262 g/mol. The summed E-state index contributed by atoms with van der Waals surface area (Å²) in [6.07, 6.45) is 1.12. The van der Waals surface area contributed by atoms with Crippen molar-refractivity contribution in [2.45, 2.75) is 25.9 Å². The van der Waals surface area contributed by atoms with Crippen molar-refractivity contribution in [3.05, 3.63) is 35.4 Å². The lowest BCUT2D eigenvalue weighted by atomic mass is 10.0. The highest BCUT2D eigenvalue weighted by Gasteiger charge is 2.22. The summed E-state index contributed by atoms with van der Waals surface area (Å²) in [5.41, 5.74) is 1.73. The molecule has 2 rings (SSSR count). The Kier molecular flexibility index (Phi) is 4.93. The molecule has 1 fully saturated rings. The molecule has 104 valence electrons. The maximum absolute atomic E-state index is 11.8. The first-order valence-electron chi connectivity index (χ1n) is 6.87. The SMILES string of the molecule is CC[C@@H]1CNCCN1Cc1ccccc1C(=O)OC. The van der Waals surface area contributed by atoms with Gasteiger partial charge in [-0.25, -0.2) is 4.79 Å². The minimum Gasteiger partial charge on any atom is -0.465 e. The predicted octanol–water partition coefficient (Wildman–Crippen LogP) is 1.66. The number of carbonyl (C=O) groups excluding carboxylic acids is 1. The number of hydrogen-bond acceptors (Lipinski definition) is 4. The van der Waals surface area contributed by atoms with Crippen molar-refractivity contribution < 1.29 is 9.53 Å². The molecule has 1 aliphatic rings. The number of rotatable bonds is 4. The quantitative estimate of drug-likeness (QED) is 0.838. The average Bonchev–Trinajstić information content (AvgIpc) is 2.47. The monoisotopic (exact) mass is 262 g/mol. The van der Waals surface area contributed by atoms with Gasteiger partial charge in [0.15, 0.2) is 0 Å². The van der Waals surface area contributed by atoms with Gasteiger partial charge in [-0.3, -0.25) is 4.90 Å². The van der Waals surface area contributed by atoms with E-state index in [2.05, 4.69) is 17.1 Å². The number of benzene rings is 1. The van der Waals surface area contributed by atoms with Crippen LogP contribution >= 0.6 is 0 Å². The first-order valence-corrected chi connectivity index (χ1v) is 6.87. The number of carbonyl (C=O) groups is 1. The molecule has 1 saturated heterocycles. The summed E-state index contributed by atoms with van der Waals surface area (Å²) in [6.45, 7) is 6.07. The molecule has 1 N–H and O–H groups in total. The minimum absolute atomic E-state index is 0.251. The molecule has 1 aromatic carbocycles. The Morgan fingerprint density at radius 2 is 2.26 bits per heavy atom. The van der Waals surface area contributed by atoms with Gasteiger partial charge in [-0.1, -0.05) is 25.1 Å². The fourth-order valence-corrected chi connectivity index (χ4v) is 2.60. The van der Waals surface area contributed by atoms with E-state index in [0.29, 0.717) is 11.6 Å². The highest BCUT2D eigenvalue weighted by atomic mass is 16.5. The Morgan fingerprint density at radius 1 is 1.47 bits per heavy atom. The fourth-order valence-electron chi connectivity index (χ4n) is 2.60. The Labute approximate surface area is 114 Å². The zero-order chi connectivity index (χ0) is 13.7. The highest BCUT2D eigenvalue weighted by Crippen LogP contribution is 2.16. The van der Waals surface area contributed by atoms with Crippen LogP contribution in [0.25, 0.3) is 0 Å². The van der Waals surface area contributed by atoms with E-state index < -0.39 is 0 Å². The number of esters is 1. The molecule has 0 aliphatic carbocycles. The van der Waals surface area contributed by atoms with E-state index in [1.807, 2.05) is 24.3 Å². The van der Waals surface area contributed by atoms with Crippen LogP contribution in [0.3, 0.4) is 0 Å². The molecule has 1 heterocycles. The predicted molar refractivity (Wildman–Crippen MR) is 75.1 cm³/mol. The van der Waals surface area contributed by atoms with Gasteiger partial charge in [0.1, 0.15) is 0 Å². The van der Waals surface area contributed by atoms with Gasteiger partial charge >= 0.3 is 5.97 Å². The van der Waals surface area contributed by atoms with Crippen molar-refractivity contribution in [1.82, 2.24) is 10.2 Å². The third kappa shape index (κ3) is 3.33. The van der Waals surface area contributed by atoms with E-state index in [4.69, 9.17) is 4.74 Å². The Balaban J connectivity index is 2.15. The van der Waals surface area contributed by atoms with Crippen LogP contribution in [-0.4, -0.2) is 43.7 Å². The summed E-state index contributed by atoms with van der Waals surface area (Å²) >= 11 is 0. The molecule has 0 radical (unpaired) electrons. The lowest BCUT2D eigenvalue weighted by Crippen LogP contribution is -2.50. The van der Waals surface area contributed by atoms with E-state index in [1.165, 1.54) is 7.11 Å². The number of methoxy groups -OCH3 is 1. The van der Waals surface area contributed by atoms with Crippen molar-refractivity contribution in [2.75, 3.05) is 26.7 Å². The standard InChI is InChI=1S/C15H22N2O2/c1-3-13-10-16-8-9-17(13)11-12-6-4-5-7-14(12)15(18)19-2/h4-7,13,16H,3,8-11H2,1-2H3/t13-/m1/s1. The van der Waals surface area contributed by atoms with Crippen LogP contribution in [-0.2, 0) is 11.3 Å². The van der Waals surface area contributed by atoms with Crippen LogP contribution in [0.4, 0.5) is 0 Å². The van der Waals surface area contributed by atoms with E-state index >= 15 is 0 Å². The van der Waals surface area contributed by atoms with Gasteiger partial charge in [-0.15, -0.1) is 0 Å². The number of nitrogens with zero attached hydrogens (tertiary/aromatic N) is 1. The topological polar surface area (TPSA) is 41.6 Å². The molecule has 1 aliphatic heterocycles. The molecule has 0 saturated carbocycles. The molecule has 0 aromatic heterocycles. The molecular formula is C15H22N2O2. The fraction of sp³-hybridized carbons (Fsp3) is 0.533. The maximum Gasteiger partial charge on any atom is 0.338 e. The second-order valence-electron chi connectivity index (χ2n) is 4.89. The second-order valence-corrected chi connectivity index (χ2v) is 4.89. The van der Waals surface area contributed by atoms with Gasteiger partial charge in [-0.05, 0) is 18.1 Å². The van der Waals surface area contributed by atoms with Gasteiger partial charge < -0.3 is 10.1 Å². The van der Waals surface area contributed by atoms with Crippen LogP contribution in [0.15, 0.2) is 24.3 Å². The summed E-state index contributed by atoms with van der Waals surface area (Å²) in [5, 5.41) is 3.42. The van der Waals surface area contributed by atoms with Gasteiger partial charge in [0, 0.05) is 32.2 Å². The lowest BCUT2D eigenvalue weighted by Gasteiger charge is -2.36. The number of ether oxygens (including phenoxy) is 1. The number of nitrogens with one attached hydrogen (secondary N) is 1. The van der Waals surface area contributed by atoms with Gasteiger partial charge in [-0.2, -0.15) is 0 Å². The lowest BCUT2D eigenvalue weighted by molar-refractivity contribution is 0.0596. The number of hydrogen-bond donors (Lipinski definition) is 1. The molecule has 0 amide bonds. The van der Waals surface area contributed by atoms with E-state index in [-0.39, 0.29) is 5.97 Å². The van der Waals surface area contributed by atoms with Crippen molar-refractivity contribution in [1.29, 1.82) is 0 Å². The van der Waals surface area contributed by atoms with Crippen LogP contribution in [0.5, 0.6) is 0 Å². The van der Waals surface area contributed by atoms with Gasteiger partial charge in [0.25, 0.3) is 0 Å². The van der Waals surface area contributed by atoms with Crippen LogP contribution in [0, 0.1) is 0 Å². The van der Waals surface area contributed by atoms with Crippen molar-refractivity contribution in [3.8, 4) is 0 Å². The van der Waals surface area contributed by atoms with Gasteiger partial charge in [0.05, 0.1) is 12.7 Å². The molecule has 4 nitrogen and oxygen atoms in total. The smallest absolute Gasteiger partial charge is 0.338 e. The number of piperazine rings is 1. The zero-order valence-electron chi connectivity index (χ0n) is 11.7. The van der Waals surface area contributed by atoms with Crippen LogP contribution in [0.2, 0.25) is 0 Å². The molecule has 1 aromatic rings. The highest BCUT2D eigenvalue weighted by molar-refractivity contribution is 5.90. The molecule has 0 spiro atoms. The Morgan fingerprint density at radius 3 is 3.00 bits per heavy atom. The molecule has 0 unspecified atom stereocenters. The molecule has 4 heteroatoms. The van der Waals surface area contributed by atoms with Crippen LogP contribution < -0.4 is 5.32 Å². The third-order valence-corrected chi connectivity index (χ3v) is 3.74. The molecular weight excluding hydrogens is 240 g/mol. The summed E-state index contributed by atoms with van der Waals surface area (Å²) in [6, 6.07) is 8.25. The summed E-state index contributed by atoms with van der Waals surface area (Å²) in [5.74, 6) is -0.251. The molecule has 1 atom stereocenters. The first-order chi connectivity index (χ1) is 9.26. The van der Waals surface area contributed by atoms with E-state index in [9.17, 15) is 4.79 Å². The summed E-state index contributed by atoms with van der Waals surface area (Å²) in [4.78, 5) is 14.2. The largest absolute Gasteiger partial charge is 0.465 e. The Hall–Kier alpha value is -1.39. The van der Waals surface area contributed by atoms with Crippen molar-refractivity contribution in [2.24, 2.45) is 0 Å². The maximum atomic E-state index is 11.8. The van der Waals surface area contributed by atoms with E-state index in [0.717, 1.165) is 38.2 Å². The third-order valence-electron chi connectivity index (χ3n) is 3.74. The molecule has 0 bridgehead atoms. The van der Waals surface area contributed by atoms with Gasteiger partial charge in [0.2, 0.25) is 0 Å². The molecule has 19 heavy (non-hydrogen) atoms. The van der Waals surface area contributed by atoms with Crippen molar-refractivity contribution >= 4 is 5.97 Å². The van der Waals surface area contributed by atoms with Crippen LogP contribution in [0.1, 0.15) is 29.3 Å². The van der Waals surface area contributed by atoms with E-state index in [1.54, 1.807) is 0 Å². The van der Waals surface area contributed by atoms with Crippen molar-refractivity contribution in [3.63, 3.8) is 0 Å².